The molecule has 0 saturated carbocycles. The highest BCUT2D eigenvalue weighted by Gasteiger charge is 2.04. The Kier molecular flexibility index (Phi) is 3.70. The van der Waals surface area contributed by atoms with Crippen LogP contribution < -0.4 is 5.32 Å². The molecule has 2 heterocycles. The van der Waals surface area contributed by atoms with Crippen molar-refractivity contribution in [1.29, 1.82) is 0 Å². The van der Waals surface area contributed by atoms with E-state index in [1.54, 1.807) is 0 Å². The Morgan fingerprint density at radius 3 is 2.62 bits per heavy atom. The van der Waals surface area contributed by atoms with Crippen LogP contribution in [0.5, 0.6) is 0 Å². The normalized spacial score (nSPS) is 12.6. The van der Waals surface area contributed by atoms with Crippen molar-refractivity contribution in [2.75, 3.05) is 0 Å². The number of rotatable bonds is 4. The minimum atomic E-state index is 0.366. The summed E-state index contributed by atoms with van der Waals surface area (Å²) in [6, 6.07) is 8.82. The predicted molar refractivity (Wildman–Crippen MR) is 68.5 cm³/mol. The molecule has 0 fully saturated rings. The lowest BCUT2D eigenvalue weighted by molar-refractivity contribution is 0.578. The van der Waals surface area contributed by atoms with Gasteiger partial charge in [-0.05, 0) is 43.7 Å². The van der Waals surface area contributed by atoms with Crippen LogP contribution in [0.3, 0.4) is 0 Å². The monoisotopic (exact) mass is 232 g/mol. The molecule has 0 amide bonds. The number of nitrogens with one attached hydrogen (secondary N) is 1. The third-order valence-corrected chi connectivity index (χ3v) is 3.59. The van der Waals surface area contributed by atoms with Crippen LogP contribution in [0.25, 0.3) is 0 Å². The van der Waals surface area contributed by atoms with Gasteiger partial charge in [0.2, 0.25) is 0 Å². The van der Waals surface area contributed by atoms with E-state index in [0.717, 1.165) is 6.54 Å². The van der Waals surface area contributed by atoms with E-state index in [9.17, 15) is 0 Å². The molecule has 0 aliphatic heterocycles. The van der Waals surface area contributed by atoms with E-state index in [2.05, 4.69) is 48.4 Å². The Morgan fingerprint density at radius 2 is 2.00 bits per heavy atom. The first-order valence-electron chi connectivity index (χ1n) is 5.44. The molecule has 16 heavy (non-hydrogen) atoms. The molecule has 1 N–H and O–H groups in total. The van der Waals surface area contributed by atoms with Gasteiger partial charge in [0.25, 0.3) is 0 Å². The van der Waals surface area contributed by atoms with E-state index in [0.29, 0.717) is 6.04 Å². The minimum absolute atomic E-state index is 0.366. The zero-order valence-corrected chi connectivity index (χ0v) is 10.4. The predicted octanol–water partition coefficient (Wildman–Crippen LogP) is 3.30. The average molecular weight is 232 g/mol. The molecule has 0 spiro atoms. The van der Waals surface area contributed by atoms with E-state index in [1.165, 1.54) is 15.3 Å². The second-order valence-corrected chi connectivity index (χ2v) is 5.27. The molecule has 2 aromatic rings. The van der Waals surface area contributed by atoms with Crippen LogP contribution >= 0.6 is 11.3 Å². The van der Waals surface area contributed by atoms with Crippen molar-refractivity contribution in [2.45, 2.75) is 26.4 Å². The molecule has 2 rings (SSSR count). The van der Waals surface area contributed by atoms with E-state index in [1.807, 2.05) is 23.7 Å². The molecule has 0 saturated heterocycles. The molecule has 0 unspecified atom stereocenters. The summed E-state index contributed by atoms with van der Waals surface area (Å²) in [6.45, 7) is 5.25. The van der Waals surface area contributed by atoms with Gasteiger partial charge in [-0.1, -0.05) is 0 Å². The van der Waals surface area contributed by atoms with Crippen LogP contribution in [0, 0.1) is 6.92 Å². The van der Waals surface area contributed by atoms with E-state index in [4.69, 9.17) is 0 Å². The van der Waals surface area contributed by atoms with Gasteiger partial charge in [-0.25, -0.2) is 0 Å². The molecule has 0 bridgehead atoms. The van der Waals surface area contributed by atoms with Gasteiger partial charge in [-0.2, -0.15) is 0 Å². The summed E-state index contributed by atoms with van der Waals surface area (Å²) in [5, 5.41) is 3.51. The molecule has 0 aromatic carbocycles. The van der Waals surface area contributed by atoms with Gasteiger partial charge in [0.05, 0.1) is 0 Å². The molecule has 3 heteroatoms. The third kappa shape index (κ3) is 2.90. The molecular formula is C13H16N2S. The van der Waals surface area contributed by atoms with Crippen molar-refractivity contribution in [3.63, 3.8) is 0 Å². The van der Waals surface area contributed by atoms with Crippen molar-refractivity contribution in [3.05, 3.63) is 52.0 Å². The second-order valence-electron chi connectivity index (χ2n) is 3.90. The highest BCUT2D eigenvalue weighted by atomic mass is 32.1. The maximum atomic E-state index is 4.02. The molecule has 0 aliphatic carbocycles. The summed E-state index contributed by atoms with van der Waals surface area (Å²) in [7, 11) is 0. The fraction of sp³-hybridized carbons (Fsp3) is 0.308. The van der Waals surface area contributed by atoms with Gasteiger partial charge in [0.1, 0.15) is 0 Å². The van der Waals surface area contributed by atoms with Crippen LogP contribution in [0.15, 0.2) is 36.7 Å². The topological polar surface area (TPSA) is 24.9 Å². The van der Waals surface area contributed by atoms with Gasteiger partial charge >= 0.3 is 0 Å². The highest BCUT2D eigenvalue weighted by Crippen LogP contribution is 2.17. The molecule has 0 aliphatic rings. The summed E-state index contributed by atoms with van der Waals surface area (Å²) in [4.78, 5) is 6.78. The van der Waals surface area contributed by atoms with Crippen LogP contribution in [0.1, 0.15) is 28.3 Å². The lowest BCUT2D eigenvalue weighted by Crippen LogP contribution is -2.17. The van der Waals surface area contributed by atoms with Crippen molar-refractivity contribution < 1.29 is 0 Å². The molecular weight excluding hydrogens is 216 g/mol. The zero-order valence-electron chi connectivity index (χ0n) is 9.60. The van der Waals surface area contributed by atoms with Crippen molar-refractivity contribution in [1.82, 2.24) is 10.3 Å². The van der Waals surface area contributed by atoms with Crippen molar-refractivity contribution in [3.8, 4) is 0 Å². The number of thiophene rings is 1. The molecule has 2 aromatic heterocycles. The van der Waals surface area contributed by atoms with Crippen LogP contribution in [0.2, 0.25) is 0 Å². The standard InChI is InChI=1S/C13H16N2S/c1-10-3-4-13(16-10)9-15-11(2)12-5-7-14-8-6-12/h3-8,11,15H,9H2,1-2H3/t11-/m1/s1. The second kappa shape index (κ2) is 5.23. The van der Waals surface area contributed by atoms with Gasteiger partial charge in [-0.3, -0.25) is 4.98 Å². The Labute approximate surface area is 100 Å². The SMILES string of the molecule is Cc1ccc(CN[C@H](C)c2ccncc2)s1. The Morgan fingerprint density at radius 1 is 1.25 bits per heavy atom. The summed E-state index contributed by atoms with van der Waals surface area (Å²) in [5.41, 5.74) is 1.28. The zero-order chi connectivity index (χ0) is 11.4. The minimum Gasteiger partial charge on any atom is -0.305 e. The maximum absolute atomic E-state index is 4.02. The first-order chi connectivity index (χ1) is 7.75. The van der Waals surface area contributed by atoms with Gasteiger partial charge in [0.15, 0.2) is 0 Å². The fourth-order valence-electron chi connectivity index (χ4n) is 1.60. The van der Waals surface area contributed by atoms with Crippen LogP contribution in [0.4, 0.5) is 0 Å². The van der Waals surface area contributed by atoms with Gasteiger partial charge in [0, 0.05) is 34.7 Å². The average Bonchev–Trinajstić information content (AvgIpc) is 2.73. The van der Waals surface area contributed by atoms with Crippen molar-refractivity contribution >= 4 is 11.3 Å². The summed E-state index contributed by atoms with van der Waals surface area (Å²) in [6.07, 6.45) is 3.67. The summed E-state index contributed by atoms with van der Waals surface area (Å²) >= 11 is 1.85. The summed E-state index contributed by atoms with van der Waals surface area (Å²) < 4.78 is 0. The van der Waals surface area contributed by atoms with Crippen LogP contribution in [-0.4, -0.2) is 4.98 Å². The fourth-order valence-corrected chi connectivity index (χ4v) is 2.45. The first-order valence-corrected chi connectivity index (χ1v) is 6.26. The maximum Gasteiger partial charge on any atom is 0.0305 e. The lowest BCUT2D eigenvalue weighted by Gasteiger charge is -2.12. The van der Waals surface area contributed by atoms with E-state index in [-0.39, 0.29) is 0 Å². The van der Waals surface area contributed by atoms with Crippen molar-refractivity contribution in [2.24, 2.45) is 0 Å². The van der Waals surface area contributed by atoms with Crippen LogP contribution in [-0.2, 0) is 6.54 Å². The van der Waals surface area contributed by atoms with E-state index >= 15 is 0 Å². The smallest absolute Gasteiger partial charge is 0.0305 e. The number of aromatic nitrogens is 1. The molecule has 2 nitrogen and oxygen atoms in total. The largest absolute Gasteiger partial charge is 0.305 e. The lowest BCUT2D eigenvalue weighted by atomic mass is 10.1. The Hall–Kier alpha value is -1.19. The quantitative estimate of drug-likeness (QED) is 0.875. The van der Waals surface area contributed by atoms with Gasteiger partial charge < -0.3 is 5.32 Å². The highest BCUT2D eigenvalue weighted by molar-refractivity contribution is 7.11. The number of aryl methyl sites for hydroxylation is 1. The van der Waals surface area contributed by atoms with E-state index < -0.39 is 0 Å². The molecule has 84 valence electrons. The number of pyridine rings is 1. The first kappa shape index (κ1) is 11.3. The number of hydrogen-bond acceptors (Lipinski definition) is 3. The Balaban J connectivity index is 1.91. The van der Waals surface area contributed by atoms with Gasteiger partial charge in [-0.15, -0.1) is 11.3 Å². The Bertz CT molecular complexity index is 436. The molecule has 0 radical (unpaired) electrons. The number of nitrogens with zero attached hydrogens (tertiary/aromatic N) is 1. The third-order valence-electron chi connectivity index (χ3n) is 2.58. The molecule has 1 atom stereocenters. The summed E-state index contributed by atoms with van der Waals surface area (Å²) in [5.74, 6) is 0. The number of hydrogen-bond donors (Lipinski definition) is 1.